The van der Waals surface area contributed by atoms with Crippen LogP contribution in [0.3, 0.4) is 0 Å². The van der Waals surface area contributed by atoms with Crippen molar-refractivity contribution in [3.05, 3.63) is 0 Å². The van der Waals surface area contributed by atoms with Gasteiger partial charge in [0, 0.05) is 19.1 Å². The molecule has 0 bridgehead atoms. The number of hydrogen-bond donors (Lipinski definition) is 1. The predicted molar refractivity (Wildman–Crippen MR) is 66.6 cm³/mol. The first-order chi connectivity index (χ1) is 7.39. The van der Waals surface area contributed by atoms with Crippen LogP contribution in [-0.4, -0.2) is 38.1 Å². The van der Waals surface area contributed by atoms with Gasteiger partial charge >= 0.3 is 0 Å². The van der Waals surface area contributed by atoms with Crippen molar-refractivity contribution < 1.29 is 8.42 Å². The molecule has 96 valence electrons. The second kappa shape index (κ2) is 5.98. The Hall–Kier alpha value is -0.130. The van der Waals surface area contributed by atoms with Crippen LogP contribution in [0.25, 0.3) is 0 Å². The maximum Gasteiger partial charge on any atom is 0.211 e. The molecule has 16 heavy (non-hydrogen) atoms. The lowest BCUT2D eigenvalue weighted by atomic mass is 9.93. The van der Waals surface area contributed by atoms with E-state index in [1.54, 1.807) is 4.31 Å². The minimum Gasteiger partial charge on any atom is -0.328 e. The average molecular weight is 248 g/mol. The number of piperidine rings is 1. The highest BCUT2D eigenvalue weighted by atomic mass is 32.2. The van der Waals surface area contributed by atoms with Crippen molar-refractivity contribution in [2.45, 2.75) is 45.1 Å². The molecule has 1 saturated heterocycles. The Bertz CT molecular complexity index is 301. The lowest BCUT2D eigenvalue weighted by Crippen LogP contribution is -2.39. The van der Waals surface area contributed by atoms with Gasteiger partial charge in [0.25, 0.3) is 0 Å². The average Bonchev–Trinajstić information content (AvgIpc) is 2.16. The molecule has 0 amide bonds. The molecule has 0 aliphatic carbocycles. The minimum absolute atomic E-state index is 0.259. The Balaban J connectivity index is 2.34. The van der Waals surface area contributed by atoms with E-state index in [-0.39, 0.29) is 6.04 Å². The van der Waals surface area contributed by atoms with Gasteiger partial charge in [-0.2, -0.15) is 0 Å². The second-order valence-corrected chi connectivity index (χ2v) is 7.02. The molecule has 1 heterocycles. The fraction of sp³-hybridized carbons (Fsp3) is 1.00. The Morgan fingerprint density at radius 3 is 2.75 bits per heavy atom. The summed E-state index contributed by atoms with van der Waals surface area (Å²) >= 11 is 0. The normalized spacial score (nSPS) is 25.6. The lowest BCUT2D eigenvalue weighted by molar-refractivity contribution is 0.252. The van der Waals surface area contributed by atoms with Crippen LogP contribution in [0, 0.1) is 5.92 Å². The van der Waals surface area contributed by atoms with E-state index in [0.29, 0.717) is 19.0 Å². The molecular weight excluding hydrogens is 224 g/mol. The molecular formula is C11H24N2O2S. The summed E-state index contributed by atoms with van der Waals surface area (Å²) in [4.78, 5) is 0. The van der Waals surface area contributed by atoms with E-state index >= 15 is 0 Å². The van der Waals surface area contributed by atoms with E-state index < -0.39 is 10.0 Å². The van der Waals surface area contributed by atoms with Gasteiger partial charge < -0.3 is 5.73 Å². The Morgan fingerprint density at radius 2 is 2.19 bits per heavy atom. The number of sulfonamides is 1. The molecule has 5 heteroatoms. The smallest absolute Gasteiger partial charge is 0.211 e. The standard InChI is InChI=1S/C11H24N2O2S/c1-10(12)5-3-6-11-7-4-8-13(9-11)16(2,14)15/h10-11H,3-9,12H2,1-2H3. The molecule has 1 aliphatic heterocycles. The molecule has 1 aliphatic rings. The highest BCUT2D eigenvalue weighted by Crippen LogP contribution is 2.23. The topological polar surface area (TPSA) is 63.4 Å². The largest absolute Gasteiger partial charge is 0.328 e. The van der Waals surface area contributed by atoms with Crippen molar-refractivity contribution in [1.29, 1.82) is 0 Å². The summed E-state index contributed by atoms with van der Waals surface area (Å²) < 4.78 is 24.5. The molecule has 2 unspecified atom stereocenters. The van der Waals surface area contributed by atoms with Gasteiger partial charge in [0.2, 0.25) is 10.0 Å². The van der Waals surface area contributed by atoms with E-state index in [2.05, 4.69) is 0 Å². The van der Waals surface area contributed by atoms with E-state index in [1.807, 2.05) is 6.92 Å². The fourth-order valence-electron chi connectivity index (χ4n) is 2.29. The first-order valence-corrected chi connectivity index (χ1v) is 7.95. The molecule has 0 spiro atoms. The zero-order valence-corrected chi connectivity index (χ0v) is 11.2. The SMILES string of the molecule is CC(N)CCCC1CCCN(S(C)(=O)=O)C1. The third kappa shape index (κ3) is 4.80. The van der Waals surface area contributed by atoms with Crippen molar-refractivity contribution in [1.82, 2.24) is 4.31 Å². The Morgan fingerprint density at radius 1 is 1.50 bits per heavy atom. The predicted octanol–water partition coefficient (Wildman–Crippen LogP) is 1.18. The van der Waals surface area contributed by atoms with Crippen LogP contribution < -0.4 is 5.73 Å². The van der Waals surface area contributed by atoms with Crippen LogP contribution in [0.5, 0.6) is 0 Å². The summed E-state index contributed by atoms with van der Waals surface area (Å²) in [6.07, 6.45) is 6.71. The lowest BCUT2D eigenvalue weighted by Gasteiger charge is -2.31. The fourth-order valence-corrected chi connectivity index (χ4v) is 3.23. The van der Waals surface area contributed by atoms with Gasteiger partial charge in [-0.1, -0.05) is 6.42 Å². The number of rotatable bonds is 5. The number of hydrogen-bond acceptors (Lipinski definition) is 3. The van der Waals surface area contributed by atoms with Gasteiger partial charge in [0.1, 0.15) is 0 Å². The quantitative estimate of drug-likeness (QED) is 0.794. The zero-order chi connectivity index (χ0) is 12.2. The van der Waals surface area contributed by atoms with E-state index in [1.165, 1.54) is 6.26 Å². The first kappa shape index (κ1) is 13.9. The molecule has 4 nitrogen and oxygen atoms in total. The van der Waals surface area contributed by atoms with Crippen LogP contribution in [0.4, 0.5) is 0 Å². The zero-order valence-electron chi connectivity index (χ0n) is 10.4. The van der Waals surface area contributed by atoms with Gasteiger partial charge in [-0.25, -0.2) is 12.7 Å². The Kier molecular flexibility index (Phi) is 5.21. The first-order valence-electron chi connectivity index (χ1n) is 6.10. The van der Waals surface area contributed by atoms with Crippen molar-refractivity contribution >= 4 is 10.0 Å². The maximum atomic E-state index is 11.4. The van der Waals surface area contributed by atoms with Crippen molar-refractivity contribution in [2.75, 3.05) is 19.3 Å². The van der Waals surface area contributed by atoms with Gasteiger partial charge in [-0.15, -0.1) is 0 Å². The molecule has 0 aromatic rings. The maximum absolute atomic E-state index is 11.4. The third-order valence-corrected chi connectivity index (χ3v) is 4.49. The van der Waals surface area contributed by atoms with Gasteiger partial charge in [-0.3, -0.25) is 0 Å². The second-order valence-electron chi connectivity index (χ2n) is 5.04. The van der Waals surface area contributed by atoms with Gasteiger partial charge in [-0.05, 0) is 38.5 Å². The summed E-state index contributed by atoms with van der Waals surface area (Å²) in [6, 6.07) is 0.259. The molecule has 2 N–H and O–H groups in total. The summed E-state index contributed by atoms with van der Waals surface area (Å²) in [5, 5.41) is 0. The van der Waals surface area contributed by atoms with Gasteiger partial charge in [0.15, 0.2) is 0 Å². The van der Waals surface area contributed by atoms with Crippen LogP contribution >= 0.6 is 0 Å². The van der Waals surface area contributed by atoms with Crippen LogP contribution in [0.1, 0.15) is 39.0 Å². The summed E-state index contributed by atoms with van der Waals surface area (Å²) in [7, 11) is -2.99. The van der Waals surface area contributed by atoms with Crippen molar-refractivity contribution in [2.24, 2.45) is 11.7 Å². The minimum atomic E-state index is -2.99. The molecule has 0 aromatic carbocycles. The molecule has 2 atom stereocenters. The summed E-state index contributed by atoms with van der Waals surface area (Å²) in [5.41, 5.74) is 5.70. The summed E-state index contributed by atoms with van der Waals surface area (Å²) in [5.74, 6) is 0.530. The van der Waals surface area contributed by atoms with Gasteiger partial charge in [0.05, 0.1) is 6.26 Å². The molecule has 0 saturated carbocycles. The molecule has 0 radical (unpaired) electrons. The van der Waals surface area contributed by atoms with E-state index in [4.69, 9.17) is 5.73 Å². The monoisotopic (exact) mass is 248 g/mol. The number of nitrogens with two attached hydrogens (primary N) is 1. The van der Waals surface area contributed by atoms with Crippen molar-refractivity contribution in [3.63, 3.8) is 0 Å². The highest BCUT2D eigenvalue weighted by molar-refractivity contribution is 7.88. The van der Waals surface area contributed by atoms with E-state index in [0.717, 1.165) is 32.1 Å². The summed E-state index contributed by atoms with van der Waals surface area (Å²) in [6.45, 7) is 3.42. The van der Waals surface area contributed by atoms with Crippen LogP contribution in [0.15, 0.2) is 0 Å². The molecule has 1 fully saturated rings. The third-order valence-electron chi connectivity index (χ3n) is 3.22. The highest BCUT2D eigenvalue weighted by Gasteiger charge is 2.25. The Labute approximate surface area is 99.2 Å². The van der Waals surface area contributed by atoms with Crippen LogP contribution in [0.2, 0.25) is 0 Å². The van der Waals surface area contributed by atoms with E-state index in [9.17, 15) is 8.42 Å². The van der Waals surface area contributed by atoms with Crippen LogP contribution in [-0.2, 0) is 10.0 Å². The van der Waals surface area contributed by atoms with Crippen molar-refractivity contribution in [3.8, 4) is 0 Å². The molecule has 1 rings (SSSR count). The molecule has 0 aromatic heterocycles. The number of nitrogens with zero attached hydrogens (tertiary/aromatic N) is 1.